The molecule has 10 heteroatoms. The fourth-order valence-corrected chi connectivity index (χ4v) is 3.76. The highest BCUT2D eigenvalue weighted by Crippen LogP contribution is 2.16. The van der Waals surface area contributed by atoms with Gasteiger partial charge < -0.3 is 9.32 Å². The molecule has 0 bridgehead atoms. The van der Waals surface area contributed by atoms with E-state index in [-0.39, 0.29) is 22.9 Å². The number of aromatic nitrogens is 4. The second-order valence-corrected chi connectivity index (χ2v) is 7.52. The first-order chi connectivity index (χ1) is 15.6. The summed E-state index contributed by atoms with van der Waals surface area (Å²) < 4.78 is 20.5. The van der Waals surface area contributed by atoms with Crippen molar-refractivity contribution < 1.29 is 13.6 Å². The molecule has 1 aliphatic rings. The lowest BCUT2D eigenvalue weighted by Crippen LogP contribution is -2.48. The Hall–Kier alpha value is -3.92. The van der Waals surface area contributed by atoms with Crippen molar-refractivity contribution >= 4 is 16.9 Å². The van der Waals surface area contributed by atoms with Crippen LogP contribution in [0.25, 0.3) is 16.7 Å². The predicted octanol–water partition coefficient (Wildman–Crippen LogP) is 1.87. The molecule has 32 heavy (non-hydrogen) atoms. The topological polar surface area (TPSA) is 97.4 Å². The average Bonchev–Trinajstić information content (AvgIpc) is 3.27. The summed E-state index contributed by atoms with van der Waals surface area (Å²) in [6.07, 6.45) is 0. The summed E-state index contributed by atoms with van der Waals surface area (Å²) in [5.41, 5.74) is 0.836. The molecule has 2 aromatic heterocycles. The molecule has 0 radical (unpaired) electrons. The Bertz CT molecular complexity index is 1330. The van der Waals surface area contributed by atoms with Gasteiger partial charge in [-0.1, -0.05) is 12.1 Å². The summed E-state index contributed by atoms with van der Waals surface area (Å²) in [4.78, 5) is 29.0. The third-order valence-electron chi connectivity index (χ3n) is 5.48. The van der Waals surface area contributed by atoms with E-state index in [2.05, 4.69) is 20.4 Å². The number of nitrogens with zero attached hydrogens (tertiary/aromatic N) is 6. The molecule has 0 unspecified atom stereocenters. The molecule has 162 valence electrons. The van der Waals surface area contributed by atoms with Crippen LogP contribution in [0.3, 0.4) is 0 Å². The number of rotatable bonds is 4. The van der Waals surface area contributed by atoms with Gasteiger partial charge in [-0.05, 0) is 46.8 Å². The van der Waals surface area contributed by atoms with Gasteiger partial charge in [-0.2, -0.15) is 4.68 Å². The van der Waals surface area contributed by atoms with Gasteiger partial charge in [-0.15, -0.1) is 5.10 Å². The van der Waals surface area contributed by atoms with Crippen molar-refractivity contribution in [2.75, 3.05) is 26.2 Å². The first-order valence-electron chi connectivity index (χ1n) is 10.2. The molecule has 0 atom stereocenters. The van der Waals surface area contributed by atoms with Crippen LogP contribution in [0, 0.1) is 5.82 Å². The van der Waals surface area contributed by atoms with Crippen LogP contribution >= 0.6 is 0 Å². The number of benzene rings is 2. The number of hydrogen-bond donors (Lipinski definition) is 0. The molecule has 1 amide bonds. The second kappa shape index (κ2) is 8.31. The Labute approximate surface area is 181 Å². The van der Waals surface area contributed by atoms with Crippen molar-refractivity contribution in [2.45, 2.75) is 6.54 Å². The molecule has 0 spiro atoms. The van der Waals surface area contributed by atoms with Gasteiger partial charge in [-0.3, -0.25) is 14.5 Å². The van der Waals surface area contributed by atoms with Crippen LogP contribution in [0.4, 0.5) is 4.39 Å². The third-order valence-corrected chi connectivity index (χ3v) is 5.48. The number of amides is 1. The highest BCUT2D eigenvalue weighted by atomic mass is 19.1. The van der Waals surface area contributed by atoms with Gasteiger partial charge in [0.25, 0.3) is 5.91 Å². The maximum absolute atomic E-state index is 13.2. The Morgan fingerprint density at radius 3 is 2.56 bits per heavy atom. The fraction of sp³-hybridized carbons (Fsp3) is 0.227. The lowest BCUT2D eigenvalue weighted by Gasteiger charge is -2.34. The van der Waals surface area contributed by atoms with Crippen LogP contribution in [0.1, 0.15) is 16.4 Å². The van der Waals surface area contributed by atoms with E-state index in [4.69, 9.17) is 4.42 Å². The van der Waals surface area contributed by atoms with Gasteiger partial charge in [0.05, 0.1) is 17.6 Å². The molecule has 4 aromatic rings. The highest BCUT2D eigenvalue weighted by Gasteiger charge is 2.25. The highest BCUT2D eigenvalue weighted by molar-refractivity contribution is 5.93. The Balaban J connectivity index is 1.25. The zero-order valence-corrected chi connectivity index (χ0v) is 17.0. The van der Waals surface area contributed by atoms with Crippen LogP contribution in [-0.4, -0.2) is 62.1 Å². The Morgan fingerprint density at radius 1 is 1.03 bits per heavy atom. The van der Waals surface area contributed by atoms with E-state index in [0.717, 1.165) is 0 Å². The minimum Gasteiger partial charge on any atom is -0.451 e. The zero-order valence-electron chi connectivity index (χ0n) is 17.0. The zero-order chi connectivity index (χ0) is 22.1. The van der Waals surface area contributed by atoms with Crippen LogP contribution in [0.5, 0.6) is 0 Å². The van der Waals surface area contributed by atoms with E-state index in [9.17, 15) is 14.0 Å². The van der Waals surface area contributed by atoms with Crippen LogP contribution in [0.2, 0.25) is 0 Å². The maximum Gasteiger partial charge on any atom is 0.289 e. The molecule has 5 rings (SSSR count). The van der Waals surface area contributed by atoms with Crippen molar-refractivity contribution in [1.82, 2.24) is 30.0 Å². The van der Waals surface area contributed by atoms with E-state index in [0.29, 0.717) is 55.2 Å². The minimum absolute atomic E-state index is 0.0439. The summed E-state index contributed by atoms with van der Waals surface area (Å²) in [6.45, 7) is 2.66. The predicted molar refractivity (Wildman–Crippen MR) is 113 cm³/mol. The molecular formula is C22H19FN6O3. The summed E-state index contributed by atoms with van der Waals surface area (Å²) in [5, 5.41) is 12.3. The first-order valence-corrected chi connectivity index (χ1v) is 10.2. The van der Waals surface area contributed by atoms with E-state index < -0.39 is 0 Å². The number of carbonyl (C=O) groups is 1. The lowest BCUT2D eigenvalue weighted by atomic mass is 10.2. The normalized spacial score (nSPS) is 14.7. The molecule has 2 aromatic carbocycles. The third kappa shape index (κ3) is 3.87. The smallest absolute Gasteiger partial charge is 0.289 e. The van der Waals surface area contributed by atoms with Crippen LogP contribution in [0.15, 0.2) is 63.8 Å². The van der Waals surface area contributed by atoms with Gasteiger partial charge in [-0.25, -0.2) is 4.39 Å². The number of tetrazole rings is 1. The maximum atomic E-state index is 13.2. The lowest BCUT2D eigenvalue weighted by molar-refractivity contribution is 0.0594. The molecule has 1 saturated heterocycles. The Kier molecular flexibility index (Phi) is 5.20. The van der Waals surface area contributed by atoms with E-state index in [1.54, 1.807) is 46.0 Å². The monoisotopic (exact) mass is 434 g/mol. The summed E-state index contributed by atoms with van der Waals surface area (Å²) in [7, 11) is 0. The van der Waals surface area contributed by atoms with E-state index >= 15 is 0 Å². The van der Waals surface area contributed by atoms with Crippen molar-refractivity contribution in [3.63, 3.8) is 0 Å². The van der Waals surface area contributed by atoms with Crippen molar-refractivity contribution in [3.05, 3.63) is 82.2 Å². The van der Waals surface area contributed by atoms with Crippen molar-refractivity contribution in [3.8, 4) is 5.69 Å². The van der Waals surface area contributed by atoms with Gasteiger partial charge in [0.1, 0.15) is 11.4 Å². The number of piperazine rings is 1. The largest absolute Gasteiger partial charge is 0.451 e. The summed E-state index contributed by atoms with van der Waals surface area (Å²) in [5.74, 6) is 0.0365. The van der Waals surface area contributed by atoms with Crippen LogP contribution < -0.4 is 5.43 Å². The number of hydrogen-bond acceptors (Lipinski definition) is 7. The summed E-state index contributed by atoms with van der Waals surface area (Å²) in [6, 6.07) is 14.1. The molecule has 1 fully saturated rings. The molecule has 3 heterocycles. The van der Waals surface area contributed by atoms with Gasteiger partial charge in [0, 0.05) is 32.2 Å². The second-order valence-electron chi connectivity index (χ2n) is 7.52. The summed E-state index contributed by atoms with van der Waals surface area (Å²) >= 11 is 0. The average molecular weight is 434 g/mol. The minimum atomic E-state index is -0.327. The quantitative estimate of drug-likeness (QED) is 0.484. The molecule has 0 saturated carbocycles. The van der Waals surface area contributed by atoms with Crippen LogP contribution in [-0.2, 0) is 6.54 Å². The standard InChI is InChI=1S/C22H19FN6O3/c23-15-5-7-16(8-6-15)29-21(24-25-26-29)14-27-9-11-28(12-10-27)22(31)20-13-18(30)17-3-1-2-4-19(17)32-20/h1-8,13H,9-12,14H2. The van der Waals surface area contributed by atoms with Gasteiger partial charge in [0.2, 0.25) is 0 Å². The number of fused-ring (bicyclic) bond motifs is 1. The SMILES string of the molecule is O=C(c1cc(=O)c2ccccc2o1)N1CCN(Cc2nnnn2-c2ccc(F)cc2)CC1. The first kappa shape index (κ1) is 20.0. The molecule has 0 N–H and O–H groups in total. The van der Waals surface area contributed by atoms with Gasteiger partial charge in [0.15, 0.2) is 17.0 Å². The molecule has 0 aliphatic carbocycles. The number of halogens is 1. The fourth-order valence-electron chi connectivity index (χ4n) is 3.76. The van der Waals surface area contributed by atoms with E-state index in [1.807, 2.05) is 0 Å². The van der Waals surface area contributed by atoms with Gasteiger partial charge >= 0.3 is 0 Å². The number of para-hydroxylation sites is 1. The molecule has 1 aliphatic heterocycles. The van der Waals surface area contributed by atoms with Crippen molar-refractivity contribution in [2.24, 2.45) is 0 Å². The Morgan fingerprint density at radius 2 is 1.78 bits per heavy atom. The molecular weight excluding hydrogens is 415 g/mol. The molecule has 9 nitrogen and oxygen atoms in total. The van der Waals surface area contributed by atoms with Crippen molar-refractivity contribution in [1.29, 1.82) is 0 Å². The van der Waals surface area contributed by atoms with E-state index in [1.165, 1.54) is 18.2 Å². The number of carbonyl (C=O) groups excluding carboxylic acids is 1.